The average Bonchev–Trinajstić information content (AvgIpc) is 2.71. The number of rotatable bonds is 3. The van der Waals surface area contributed by atoms with E-state index in [0.717, 1.165) is 12.8 Å². The molecule has 1 N–H and O–H groups in total. The van der Waals surface area contributed by atoms with Crippen LogP contribution in [0.2, 0.25) is 0 Å². The Kier molecular flexibility index (Phi) is 3.20. The number of hydrogen-bond acceptors (Lipinski definition) is 4. The molecule has 1 aliphatic rings. The van der Waals surface area contributed by atoms with Crippen LogP contribution in [-0.4, -0.2) is 26.3 Å². The van der Waals surface area contributed by atoms with Crippen LogP contribution in [0.25, 0.3) is 0 Å². The molecule has 80 valence electrons. The molecule has 0 saturated heterocycles. The second-order valence-corrected chi connectivity index (χ2v) is 4.86. The largest absolute Gasteiger partial charge is 0.478 e. The van der Waals surface area contributed by atoms with E-state index < -0.39 is 5.97 Å². The Morgan fingerprint density at radius 3 is 2.87 bits per heavy atom. The van der Waals surface area contributed by atoms with Crippen molar-refractivity contribution in [2.75, 3.05) is 0 Å². The van der Waals surface area contributed by atoms with Crippen LogP contribution in [0.5, 0.6) is 0 Å². The molecule has 1 saturated carbocycles. The first-order valence-corrected chi connectivity index (χ1v) is 5.85. The van der Waals surface area contributed by atoms with Gasteiger partial charge in [0.15, 0.2) is 0 Å². The minimum Gasteiger partial charge on any atom is -0.478 e. The van der Waals surface area contributed by atoms with Crippen molar-refractivity contribution >= 4 is 17.7 Å². The van der Waals surface area contributed by atoms with Gasteiger partial charge in [0.25, 0.3) is 0 Å². The van der Waals surface area contributed by atoms with Crippen LogP contribution in [-0.2, 0) is 0 Å². The molecule has 4 nitrogen and oxygen atoms in total. The maximum absolute atomic E-state index is 10.9. The Hall–Kier alpha value is -1.10. The quantitative estimate of drug-likeness (QED) is 0.797. The van der Waals surface area contributed by atoms with Crippen LogP contribution in [0.1, 0.15) is 36.0 Å². The van der Waals surface area contributed by atoms with Gasteiger partial charge in [0.05, 0.1) is 0 Å². The maximum Gasteiger partial charge on any atom is 0.340 e. The maximum atomic E-state index is 10.9. The monoisotopic (exact) mass is 224 g/mol. The molecular weight excluding hydrogens is 212 g/mol. The highest BCUT2D eigenvalue weighted by Crippen LogP contribution is 2.34. The van der Waals surface area contributed by atoms with Gasteiger partial charge in [0.2, 0.25) is 0 Å². The van der Waals surface area contributed by atoms with Crippen LogP contribution in [0.4, 0.5) is 0 Å². The third-order valence-electron chi connectivity index (χ3n) is 2.49. The zero-order valence-electron chi connectivity index (χ0n) is 8.22. The van der Waals surface area contributed by atoms with E-state index in [1.165, 1.54) is 25.4 Å². The fourth-order valence-corrected chi connectivity index (χ4v) is 2.98. The first-order valence-electron chi connectivity index (χ1n) is 4.97. The first kappa shape index (κ1) is 10.4. The second-order valence-electron chi connectivity index (χ2n) is 3.57. The first-order chi connectivity index (χ1) is 7.27. The van der Waals surface area contributed by atoms with Crippen LogP contribution in [0, 0.1) is 0 Å². The molecule has 1 aliphatic carbocycles. The molecule has 1 aromatic heterocycles. The molecule has 0 atom stereocenters. The van der Waals surface area contributed by atoms with E-state index in [4.69, 9.17) is 5.11 Å². The molecule has 5 heteroatoms. The fraction of sp³-hybridized carbons (Fsp3) is 0.500. The standard InChI is InChI=1S/C10H12N2O2S/c13-10(14)8-5-11-6-12-9(8)15-7-3-1-2-4-7/h5-7H,1-4H2,(H,13,14). The lowest BCUT2D eigenvalue weighted by atomic mass is 10.3. The second kappa shape index (κ2) is 4.61. The summed E-state index contributed by atoms with van der Waals surface area (Å²) in [5, 5.41) is 10.1. The van der Waals surface area contributed by atoms with Crippen molar-refractivity contribution in [3.8, 4) is 0 Å². The lowest BCUT2D eigenvalue weighted by Crippen LogP contribution is -2.04. The topological polar surface area (TPSA) is 63.1 Å². The summed E-state index contributed by atoms with van der Waals surface area (Å²) in [6.07, 6.45) is 7.58. The summed E-state index contributed by atoms with van der Waals surface area (Å²) in [7, 11) is 0. The number of thioether (sulfide) groups is 1. The van der Waals surface area contributed by atoms with E-state index in [1.807, 2.05) is 0 Å². The molecule has 0 unspecified atom stereocenters. The van der Waals surface area contributed by atoms with E-state index in [1.54, 1.807) is 11.8 Å². The summed E-state index contributed by atoms with van der Waals surface area (Å²) >= 11 is 1.57. The third-order valence-corrected chi connectivity index (χ3v) is 3.84. The van der Waals surface area contributed by atoms with Crippen molar-refractivity contribution in [1.29, 1.82) is 0 Å². The third kappa shape index (κ3) is 2.47. The lowest BCUT2D eigenvalue weighted by Gasteiger charge is -2.08. The molecule has 0 bridgehead atoms. The molecular formula is C10H12N2O2S. The summed E-state index contributed by atoms with van der Waals surface area (Å²) in [4.78, 5) is 18.7. The van der Waals surface area contributed by atoms with Crippen LogP contribution < -0.4 is 0 Å². The molecule has 0 radical (unpaired) electrons. The molecule has 0 aromatic carbocycles. The number of carboxylic acid groups (broad SMARTS) is 1. The van der Waals surface area contributed by atoms with Crippen molar-refractivity contribution in [1.82, 2.24) is 9.97 Å². The Morgan fingerprint density at radius 2 is 2.20 bits per heavy atom. The van der Waals surface area contributed by atoms with Crippen molar-refractivity contribution in [3.63, 3.8) is 0 Å². The SMILES string of the molecule is O=C(O)c1cncnc1SC1CCCC1. The van der Waals surface area contributed by atoms with Crippen LogP contribution in [0.3, 0.4) is 0 Å². The summed E-state index contributed by atoms with van der Waals surface area (Å²) < 4.78 is 0. The Labute approximate surface area is 92.1 Å². The highest BCUT2D eigenvalue weighted by Gasteiger charge is 2.20. The molecule has 1 heterocycles. The highest BCUT2D eigenvalue weighted by atomic mass is 32.2. The van der Waals surface area contributed by atoms with Crippen LogP contribution >= 0.6 is 11.8 Å². The van der Waals surface area contributed by atoms with Gasteiger partial charge in [0.1, 0.15) is 16.9 Å². The molecule has 0 aliphatic heterocycles. The molecule has 0 spiro atoms. The predicted molar refractivity (Wildman–Crippen MR) is 57.1 cm³/mol. The van der Waals surface area contributed by atoms with Gasteiger partial charge in [-0.05, 0) is 12.8 Å². The van der Waals surface area contributed by atoms with Gasteiger partial charge in [-0.25, -0.2) is 14.8 Å². The summed E-state index contributed by atoms with van der Waals surface area (Å²) in [5.41, 5.74) is 0.217. The van der Waals surface area contributed by atoms with Crippen molar-refractivity contribution in [2.45, 2.75) is 36.0 Å². The average molecular weight is 224 g/mol. The van der Waals surface area contributed by atoms with E-state index in [2.05, 4.69) is 9.97 Å². The number of nitrogens with zero attached hydrogens (tertiary/aromatic N) is 2. The molecule has 0 amide bonds. The van der Waals surface area contributed by atoms with Crippen molar-refractivity contribution in [2.24, 2.45) is 0 Å². The Bertz CT molecular complexity index is 364. The minimum atomic E-state index is -0.948. The molecule has 2 rings (SSSR count). The Morgan fingerprint density at radius 1 is 1.47 bits per heavy atom. The van der Waals surface area contributed by atoms with Crippen molar-refractivity contribution in [3.05, 3.63) is 18.1 Å². The number of carboxylic acids is 1. The van der Waals surface area contributed by atoms with Gasteiger partial charge in [-0.2, -0.15) is 0 Å². The number of aromatic carboxylic acids is 1. The van der Waals surface area contributed by atoms with E-state index >= 15 is 0 Å². The van der Waals surface area contributed by atoms with Crippen molar-refractivity contribution < 1.29 is 9.90 Å². The smallest absolute Gasteiger partial charge is 0.340 e. The van der Waals surface area contributed by atoms with Gasteiger partial charge >= 0.3 is 5.97 Å². The zero-order valence-corrected chi connectivity index (χ0v) is 9.04. The minimum absolute atomic E-state index is 0.217. The number of carbonyl (C=O) groups is 1. The van der Waals surface area contributed by atoms with Gasteiger partial charge < -0.3 is 5.11 Å². The summed E-state index contributed by atoms with van der Waals surface area (Å²) in [5.74, 6) is -0.948. The lowest BCUT2D eigenvalue weighted by molar-refractivity contribution is 0.0691. The fourth-order valence-electron chi connectivity index (χ4n) is 1.72. The van der Waals surface area contributed by atoms with Gasteiger partial charge in [0, 0.05) is 11.4 Å². The van der Waals surface area contributed by atoms with Gasteiger partial charge in [-0.3, -0.25) is 0 Å². The molecule has 1 aromatic rings. The molecule has 15 heavy (non-hydrogen) atoms. The zero-order chi connectivity index (χ0) is 10.7. The highest BCUT2D eigenvalue weighted by molar-refractivity contribution is 7.99. The summed E-state index contributed by atoms with van der Waals surface area (Å²) in [6.45, 7) is 0. The number of hydrogen-bond donors (Lipinski definition) is 1. The van der Waals surface area contributed by atoms with E-state index in [-0.39, 0.29) is 5.56 Å². The van der Waals surface area contributed by atoms with Gasteiger partial charge in [-0.1, -0.05) is 12.8 Å². The Balaban J connectivity index is 2.15. The predicted octanol–water partition coefficient (Wildman–Crippen LogP) is 2.21. The van der Waals surface area contributed by atoms with Gasteiger partial charge in [-0.15, -0.1) is 11.8 Å². The summed E-state index contributed by atoms with van der Waals surface area (Å²) in [6, 6.07) is 0. The van der Waals surface area contributed by atoms with E-state index in [0.29, 0.717) is 10.3 Å². The molecule has 1 fully saturated rings. The number of aromatic nitrogens is 2. The van der Waals surface area contributed by atoms with Crippen LogP contribution in [0.15, 0.2) is 17.6 Å². The van der Waals surface area contributed by atoms with E-state index in [9.17, 15) is 4.79 Å². The normalized spacial score (nSPS) is 16.8.